The molecule has 0 radical (unpaired) electrons. The lowest BCUT2D eigenvalue weighted by Crippen LogP contribution is -2.31. The highest BCUT2D eigenvalue weighted by Crippen LogP contribution is 2.53. The minimum Gasteiger partial charge on any atom is -0.390 e. The van der Waals surface area contributed by atoms with Gasteiger partial charge in [-0.15, -0.1) is 6.58 Å². The molecular formula is C13H20O2. The lowest BCUT2D eigenvalue weighted by Gasteiger charge is -2.23. The molecule has 3 rings (SSSR count). The van der Waals surface area contributed by atoms with Gasteiger partial charge in [0.1, 0.15) is 0 Å². The van der Waals surface area contributed by atoms with Crippen molar-refractivity contribution in [2.24, 2.45) is 17.8 Å². The van der Waals surface area contributed by atoms with Gasteiger partial charge in [-0.25, -0.2) is 0 Å². The Morgan fingerprint density at radius 3 is 2.47 bits per heavy atom. The van der Waals surface area contributed by atoms with Crippen LogP contribution in [0.5, 0.6) is 0 Å². The molecule has 0 spiro atoms. The Morgan fingerprint density at radius 1 is 1.13 bits per heavy atom. The second-order valence-corrected chi connectivity index (χ2v) is 5.42. The van der Waals surface area contributed by atoms with Crippen LogP contribution in [0.1, 0.15) is 32.1 Å². The van der Waals surface area contributed by atoms with E-state index in [2.05, 4.69) is 6.58 Å². The number of hydrogen-bond acceptors (Lipinski definition) is 2. The van der Waals surface area contributed by atoms with Crippen LogP contribution in [0.3, 0.4) is 0 Å². The number of aliphatic hydroxyl groups excluding tert-OH is 1. The summed E-state index contributed by atoms with van der Waals surface area (Å²) in [4.78, 5) is 0. The molecule has 3 aliphatic carbocycles. The summed E-state index contributed by atoms with van der Waals surface area (Å²) in [5.74, 6) is 2.05. The first-order valence-corrected chi connectivity index (χ1v) is 6.25. The summed E-state index contributed by atoms with van der Waals surface area (Å²) in [5, 5.41) is 10.0. The normalized spacial score (nSPS) is 52.9. The highest BCUT2D eigenvalue weighted by atomic mass is 16.5. The minimum atomic E-state index is -0.305. The van der Waals surface area contributed by atoms with Gasteiger partial charge >= 0.3 is 0 Å². The molecule has 2 nitrogen and oxygen atoms in total. The summed E-state index contributed by atoms with van der Waals surface area (Å²) < 4.78 is 6.07. The smallest absolute Gasteiger partial charge is 0.0864 e. The Labute approximate surface area is 91.3 Å². The third-order valence-corrected chi connectivity index (χ3v) is 4.53. The fraction of sp³-hybridized carbons (Fsp3) is 0.846. The molecular weight excluding hydrogens is 188 g/mol. The van der Waals surface area contributed by atoms with Crippen LogP contribution >= 0.6 is 0 Å². The third kappa shape index (κ3) is 1.64. The second kappa shape index (κ2) is 3.60. The van der Waals surface area contributed by atoms with Gasteiger partial charge in [0.25, 0.3) is 0 Å². The average molecular weight is 208 g/mol. The van der Waals surface area contributed by atoms with E-state index in [4.69, 9.17) is 4.74 Å². The van der Waals surface area contributed by atoms with Gasteiger partial charge < -0.3 is 9.84 Å². The Hall–Kier alpha value is -0.340. The molecule has 15 heavy (non-hydrogen) atoms. The summed E-state index contributed by atoms with van der Waals surface area (Å²) >= 11 is 0. The van der Waals surface area contributed by atoms with Crippen molar-refractivity contribution in [3.05, 3.63) is 12.7 Å². The van der Waals surface area contributed by atoms with Gasteiger partial charge in [0.2, 0.25) is 0 Å². The fourth-order valence-corrected chi connectivity index (χ4v) is 3.42. The predicted molar refractivity (Wildman–Crippen MR) is 58.4 cm³/mol. The van der Waals surface area contributed by atoms with Gasteiger partial charge in [0, 0.05) is 5.92 Å². The molecule has 0 amide bonds. The van der Waals surface area contributed by atoms with Crippen molar-refractivity contribution in [1.82, 2.24) is 0 Å². The van der Waals surface area contributed by atoms with Crippen LogP contribution in [-0.4, -0.2) is 23.4 Å². The van der Waals surface area contributed by atoms with Crippen LogP contribution in [0.4, 0.5) is 0 Å². The minimum absolute atomic E-state index is 0.0809. The summed E-state index contributed by atoms with van der Waals surface area (Å²) in [7, 11) is 0. The fourth-order valence-electron chi connectivity index (χ4n) is 3.42. The topological polar surface area (TPSA) is 29.5 Å². The molecule has 6 atom stereocenters. The third-order valence-electron chi connectivity index (χ3n) is 4.53. The summed E-state index contributed by atoms with van der Waals surface area (Å²) in [6.07, 6.45) is 8.10. The molecule has 3 aliphatic rings. The lowest BCUT2D eigenvalue weighted by atomic mass is 10.1. The predicted octanol–water partition coefficient (Wildman–Crippen LogP) is 2.13. The Kier molecular flexibility index (Phi) is 2.37. The molecule has 0 saturated heterocycles. The maximum Gasteiger partial charge on any atom is 0.0864 e. The summed E-state index contributed by atoms with van der Waals surface area (Å²) in [6, 6.07) is 0. The Balaban J connectivity index is 1.57. The van der Waals surface area contributed by atoms with Gasteiger partial charge in [0.15, 0.2) is 0 Å². The number of fused-ring (bicyclic) bond motifs is 1. The van der Waals surface area contributed by atoms with E-state index in [0.29, 0.717) is 6.10 Å². The van der Waals surface area contributed by atoms with E-state index >= 15 is 0 Å². The molecule has 0 aliphatic heterocycles. The van der Waals surface area contributed by atoms with E-state index in [-0.39, 0.29) is 18.1 Å². The number of rotatable bonds is 3. The van der Waals surface area contributed by atoms with Crippen LogP contribution in [0.2, 0.25) is 0 Å². The highest BCUT2D eigenvalue weighted by molar-refractivity contribution is 5.01. The quantitative estimate of drug-likeness (QED) is 0.720. The van der Waals surface area contributed by atoms with Gasteiger partial charge in [-0.05, 0) is 43.9 Å². The molecule has 6 unspecified atom stereocenters. The van der Waals surface area contributed by atoms with E-state index in [1.54, 1.807) is 0 Å². The Bertz CT molecular complexity index is 263. The Morgan fingerprint density at radius 2 is 1.93 bits per heavy atom. The van der Waals surface area contributed by atoms with Crippen molar-refractivity contribution >= 4 is 0 Å². The van der Waals surface area contributed by atoms with Crippen molar-refractivity contribution in [1.29, 1.82) is 0 Å². The first-order valence-electron chi connectivity index (χ1n) is 6.25. The zero-order valence-electron chi connectivity index (χ0n) is 9.14. The molecule has 84 valence electrons. The van der Waals surface area contributed by atoms with Crippen molar-refractivity contribution < 1.29 is 9.84 Å². The molecule has 0 bridgehead atoms. The molecule has 0 heterocycles. The van der Waals surface area contributed by atoms with Gasteiger partial charge in [-0.1, -0.05) is 6.08 Å². The molecule has 0 aromatic rings. The molecule has 1 N–H and O–H groups in total. The standard InChI is InChI=1S/C13H20O2/c1-2-8-3-6-12(13(8)14)15-11-5-4-9-7-10(9)11/h2,8-14H,1,3-7H2. The monoisotopic (exact) mass is 208 g/mol. The van der Waals surface area contributed by atoms with E-state index in [1.165, 1.54) is 19.3 Å². The molecule has 3 saturated carbocycles. The van der Waals surface area contributed by atoms with Crippen LogP contribution in [0.25, 0.3) is 0 Å². The van der Waals surface area contributed by atoms with E-state index in [1.807, 2.05) is 6.08 Å². The number of aliphatic hydroxyl groups is 1. The number of hydrogen-bond donors (Lipinski definition) is 1. The van der Waals surface area contributed by atoms with E-state index in [9.17, 15) is 5.11 Å². The first kappa shape index (κ1) is 9.86. The summed E-state index contributed by atoms with van der Waals surface area (Å²) in [5.41, 5.74) is 0. The highest BCUT2D eigenvalue weighted by Gasteiger charge is 2.50. The van der Waals surface area contributed by atoms with E-state index in [0.717, 1.165) is 24.7 Å². The van der Waals surface area contributed by atoms with Gasteiger partial charge in [-0.2, -0.15) is 0 Å². The van der Waals surface area contributed by atoms with Crippen molar-refractivity contribution in [3.8, 4) is 0 Å². The van der Waals surface area contributed by atoms with Crippen molar-refractivity contribution in [2.45, 2.75) is 50.4 Å². The van der Waals surface area contributed by atoms with Gasteiger partial charge in [0.05, 0.1) is 18.3 Å². The average Bonchev–Trinajstić information content (AvgIpc) is 2.81. The zero-order valence-corrected chi connectivity index (χ0v) is 9.14. The first-order chi connectivity index (χ1) is 7.29. The maximum absolute atomic E-state index is 10.0. The molecule has 0 aromatic carbocycles. The SMILES string of the molecule is C=CC1CCC(OC2CCC3CC32)C1O. The number of ether oxygens (including phenoxy) is 1. The lowest BCUT2D eigenvalue weighted by molar-refractivity contribution is -0.0721. The van der Waals surface area contributed by atoms with Gasteiger partial charge in [-0.3, -0.25) is 0 Å². The summed E-state index contributed by atoms with van der Waals surface area (Å²) in [6.45, 7) is 3.77. The zero-order chi connectivity index (χ0) is 10.4. The van der Waals surface area contributed by atoms with Crippen LogP contribution < -0.4 is 0 Å². The van der Waals surface area contributed by atoms with E-state index < -0.39 is 0 Å². The molecule has 3 fully saturated rings. The van der Waals surface area contributed by atoms with Crippen LogP contribution in [0, 0.1) is 17.8 Å². The van der Waals surface area contributed by atoms with Crippen LogP contribution in [-0.2, 0) is 4.74 Å². The second-order valence-electron chi connectivity index (χ2n) is 5.42. The molecule has 2 heteroatoms. The van der Waals surface area contributed by atoms with Crippen molar-refractivity contribution in [3.63, 3.8) is 0 Å². The van der Waals surface area contributed by atoms with Crippen LogP contribution in [0.15, 0.2) is 12.7 Å². The molecule has 0 aromatic heterocycles. The maximum atomic E-state index is 10.0. The van der Waals surface area contributed by atoms with Crippen molar-refractivity contribution in [2.75, 3.05) is 0 Å². The largest absolute Gasteiger partial charge is 0.390 e.